The summed E-state index contributed by atoms with van der Waals surface area (Å²) in [5.41, 5.74) is 1.21. The lowest BCUT2D eigenvalue weighted by atomic mass is 10.2. The molecule has 1 aromatic heterocycles. The van der Waals surface area contributed by atoms with Crippen LogP contribution in [0.1, 0.15) is 0 Å². The van der Waals surface area contributed by atoms with Gasteiger partial charge < -0.3 is 0 Å². The Morgan fingerprint density at radius 1 is 0.900 bits per heavy atom. The molecule has 98 valence electrons. The topological polar surface area (TPSA) is 65.1 Å². The first-order chi connectivity index (χ1) is 9.66. The summed E-state index contributed by atoms with van der Waals surface area (Å²) in [6.07, 6.45) is 0. The maximum atomic E-state index is 12.1. The molecule has 5 nitrogen and oxygen atoms in total. The Bertz CT molecular complexity index is 851. The average molecular weight is 266 g/mol. The van der Waals surface area contributed by atoms with E-state index in [-0.39, 0.29) is 11.2 Å². The summed E-state index contributed by atoms with van der Waals surface area (Å²) < 4.78 is 1.54. The molecule has 0 saturated carbocycles. The number of nitro groups is 1. The molecule has 0 spiro atoms. The summed E-state index contributed by atoms with van der Waals surface area (Å²) in [6, 6.07) is 16.7. The third-order valence-electron chi connectivity index (χ3n) is 3.12. The Kier molecular flexibility index (Phi) is 2.80. The molecule has 0 unspecified atom stereocenters. The molecule has 0 aliphatic rings. The molecule has 20 heavy (non-hydrogen) atoms. The van der Waals surface area contributed by atoms with E-state index in [9.17, 15) is 14.9 Å². The Hall–Kier alpha value is -2.95. The maximum Gasteiger partial charge on any atom is 0.269 e. The molecule has 2 aromatic carbocycles. The van der Waals surface area contributed by atoms with Gasteiger partial charge in [-0.25, -0.2) is 0 Å². The van der Waals surface area contributed by atoms with Gasteiger partial charge in [-0.3, -0.25) is 19.5 Å². The number of aromatic nitrogens is 1. The van der Waals surface area contributed by atoms with Crippen LogP contribution in [-0.2, 0) is 0 Å². The van der Waals surface area contributed by atoms with Crippen molar-refractivity contribution in [3.05, 3.63) is 81.1 Å². The van der Waals surface area contributed by atoms with Gasteiger partial charge in [0, 0.05) is 23.9 Å². The fraction of sp³-hybridized carbons (Fsp3) is 0. The molecule has 0 bridgehead atoms. The predicted octanol–water partition coefficient (Wildman–Crippen LogP) is 2.90. The number of benzene rings is 2. The van der Waals surface area contributed by atoms with Crippen molar-refractivity contribution in [3.63, 3.8) is 0 Å². The summed E-state index contributed by atoms with van der Waals surface area (Å²) in [5.74, 6) is 0. The minimum Gasteiger partial charge on any atom is -0.277 e. The molecule has 3 aromatic rings. The number of rotatable bonds is 2. The van der Waals surface area contributed by atoms with Crippen LogP contribution < -0.4 is 5.56 Å². The molecule has 0 aliphatic carbocycles. The zero-order valence-electron chi connectivity index (χ0n) is 10.4. The number of fused-ring (bicyclic) bond motifs is 1. The Balaban J connectivity index is 2.26. The van der Waals surface area contributed by atoms with Crippen molar-refractivity contribution in [2.75, 3.05) is 0 Å². The zero-order chi connectivity index (χ0) is 14.1. The van der Waals surface area contributed by atoms with Gasteiger partial charge in [-0.05, 0) is 29.7 Å². The summed E-state index contributed by atoms with van der Waals surface area (Å²) in [7, 11) is 0. The highest BCUT2D eigenvalue weighted by molar-refractivity contribution is 5.80. The maximum absolute atomic E-state index is 12.1. The van der Waals surface area contributed by atoms with Gasteiger partial charge in [-0.15, -0.1) is 0 Å². The van der Waals surface area contributed by atoms with Crippen molar-refractivity contribution in [1.82, 2.24) is 4.57 Å². The highest BCUT2D eigenvalue weighted by atomic mass is 16.6. The van der Waals surface area contributed by atoms with Crippen LogP contribution in [0, 0.1) is 10.1 Å². The molecular weight excluding hydrogens is 256 g/mol. The first kappa shape index (κ1) is 12.1. The van der Waals surface area contributed by atoms with Crippen LogP contribution in [0.3, 0.4) is 0 Å². The summed E-state index contributed by atoms with van der Waals surface area (Å²) in [6.45, 7) is 0. The van der Waals surface area contributed by atoms with E-state index in [2.05, 4.69) is 0 Å². The van der Waals surface area contributed by atoms with E-state index in [0.29, 0.717) is 5.69 Å². The van der Waals surface area contributed by atoms with E-state index in [1.807, 2.05) is 24.3 Å². The van der Waals surface area contributed by atoms with Crippen LogP contribution in [0.4, 0.5) is 5.69 Å². The van der Waals surface area contributed by atoms with Crippen LogP contribution in [0.25, 0.3) is 16.6 Å². The van der Waals surface area contributed by atoms with Crippen molar-refractivity contribution in [1.29, 1.82) is 0 Å². The lowest BCUT2D eigenvalue weighted by Crippen LogP contribution is -2.17. The largest absolute Gasteiger partial charge is 0.277 e. The SMILES string of the molecule is O=c1ccc2ccccc2n1-c1ccc([N+](=O)[O-])cc1. The first-order valence-electron chi connectivity index (χ1n) is 6.02. The minimum absolute atomic E-state index is 0.00188. The Morgan fingerprint density at radius 3 is 2.30 bits per heavy atom. The first-order valence-corrected chi connectivity index (χ1v) is 6.02. The van der Waals surface area contributed by atoms with E-state index in [1.54, 1.807) is 22.8 Å². The summed E-state index contributed by atoms with van der Waals surface area (Å²) in [4.78, 5) is 22.3. The predicted molar refractivity (Wildman–Crippen MR) is 76.2 cm³/mol. The molecule has 0 atom stereocenters. The van der Waals surface area contributed by atoms with Crippen LogP contribution in [0.15, 0.2) is 65.5 Å². The highest BCUT2D eigenvalue weighted by Gasteiger charge is 2.08. The molecule has 0 fully saturated rings. The molecule has 1 heterocycles. The van der Waals surface area contributed by atoms with Gasteiger partial charge in [-0.2, -0.15) is 0 Å². The molecule has 0 N–H and O–H groups in total. The van der Waals surface area contributed by atoms with Gasteiger partial charge in [0.25, 0.3) is 11.2 Å². The number of hydrogen-bond acceptors (Lipinski definition) is 3. The van der Waals surface area contributed by atoms with Crippen molar-refractivity contribution in [2.45, 2.75) is 0 Å². The van der Waals surface area contributed by atoms with E-state index in [1.165, 1.54) is 18.2 Å². The zero-order valence-corrected chi connectivity index (χ0v) is 10.4. The summed E-state index contributed by atoms with van der Waals surface area (Å²) >= 11 is 0. The molecule has 0 saturated heterocycles. The average Bonchev–Trinajstić information content (AvgIpc) is 2.47. The molecule has 0 radical (unpaired) electrons. The Labute approximate surface area is 113 Å². The number of para-hydroxylation sites is 1. The normalized spacial score (nSPS) is 10.6. The molecule has 0 aliphatic heterocycles. The molecule has 0 amide bonds. The van der Waals surface area contributed by atoms with E-state index >= 15 is 0 Å². The smallest absolute Gasteiger partial charge is 0.269 e. The van der Waals surface area contributed by atoms with Gasteiger partial charge in [-0.1, -0.05) is 18.2 Å². The van der Waals surface area contributed by atoms with Crippen LogP contribution in [0.5, 0.6) is 0 Å². The summed E-state index contributed by atoms with van der Waals surface area (Å²) in [5, 5.41) is 11.6. The second-order valence-corrected chi connectivity index (χ2v) is 4.34. The number of nitrogens with zero attached hydrogens (tertiary/aromatic N) is 2. The van der Waals surface area contributed by atoms with Crippen LogP contribution in [0.2, 0.25) is 0 Å². The quantitative estimate of drug-likeness (QED) is 0.529. The van der Waals surface area contributed by atoms with Gasteiger partial charge >= 0.3 is 0 Å². The Morgan fingerprint density at radius 2 is 1.60 bits per heavy atom. The van der Waals surface area contributed by atoms with Crippen molar-refractivity contribution in [3.8, 4) is 5.69 Å². The van der Waals surface area contributed by atoms with Crippen molar-refractivity contribution in [2.24, 2.45) is 0 Å². The van der Waals surface area contributed by atoms with E-state index < -0.39 is 4.92 Å². The van der Waals surface area contributed by atoms with Gasteiger partial charge in [0.05, 0.1) is 10.4 Å². The third-order valence-corrected chi connectivity index (χ3v) is 3.12. The fourth-order valence-corrected chi connectivity index (χ4v) is 2.18. The van der Waals surface area contributed by atoms with Crippen molar-refractivity contribution < 1.29 is 4.92 Å². The van der Waals surface area contributed by atoms with Crippen LogP contribution in [-0.4, -0.2) is 9.49 Å². The number of hydrogen-bond donors (Lipinski definition) is 0. The van der Waals surface area contributed by atoms with Gasteiger partial charge in [0.2, 0.25) is 0 Å². The lowest BCUT2D eigenvalue weighted by Gasteiger charge is -2.09. The third kappa shape index (κ3) is 1.95. The second kappa shape index (κ2) is 4.62. The van der Waals surface area contributed by atoms with Gasteiger partial charge in [0.15, 0.2) is 0 Å². The molecular formula is C15H10N2O3. The monoisotopic (exact) mass is 266 g/mol. The van der Waals surface area contributed by atoms with Crippen molar-refractivity contribution >= 4 is 16.6 Å². The molecule has 3 rings (SSSR count). The van der Waals surface area contributed by atoms with Crippen LogP contribution >= 0.6 is 0 Å². The standard InChI is InChI=1S/C15H10N2O3/c18-15-10-5-11-3-1-2-4-14(11)16(15)12-6-8-13(9-7-12)17(19)20/h1-10H. The lowest BCUT2D eigenvalue weighted by molar-refractivity contribution is -0.384. The van der Waals surface area contributed by atoms with Gasteiger partial charge in [0.1, 0.15) is 0 Å². The van der Waals surface area contributed by atoms with E-state index in [4.69, 9.17) is 0 Å². The van der Waals surface area contributed by atoms with E-state index in [0.717, 1.165) is 10.9 Å². The highest BCUT2D eigenvalue weighted by Crippen LogP contribution is 2.18. The number of nitro benzene ring substituents is 1. The minimum atomic E-state index is -0.463. The second-order valence-electron chi connectivity index (χ2n) is 4.34. The fourth-order valence-electron chi connectivity index (χ4n) is 2.18. The molecule has 5 heteroatoms. The number of non-ortho nitro benzene ring substituents is 1. The number of pyridine rings is 1.